The summed E-state index contributed by atoms with van der Waals surface area (Å²) in [5.41, 5.74) is 1.47. The first-order chi connectivity index (χ1) is 12.8. The van der Waals surface area contributed by atoms with Crippen LogP contribution in [0.1, 0.15) is 15.9 Å². The van der Waals surface area contributed by atoms with Crippen molar-refractivity contribution in [3.8, 4) is 0 Å². The minimum atomic E-state index is -4.04. The van der Waals surface area contributed by atoms with Crippen molar-refractivity contribution in [2.24, 2.45) is 0 Å². The van der Waals surface area contributed by atoms with E-state index in [1.165, 1.54) is 12.1 Å². The molecular formula is C16H12Cl2N4O3S2. The van der Waals surface area contributed by atoms with E-state index in [0.29, 0.717) is 16.9 Å². The Bertz CT molecular complexity index is 1120. The molecule has 11 heteroatoms. The lowest BCUT2D eigenvalue weighted by molar-refractivity contribution is 0.102. The van der Waals surface area contributed by atoms with Gasteiger partial charge in [0.15, 0.2) is 0 Å². The van der Waals surface area contributed by atoms with Gasteiger partial charge >= 0.3 is 0 Å². The van der Waals surface area contributed by atoms with Gasteiger partial charge in [0.05, 0.1) is 15.7 Å². The van der Waals surface area contributed by atoms with Crippen LogP contribution in [0.25, 0.3) is 0 Å². The Morgan fingerprint density at radius 1 is 1.11 bits per heavy atom. The molecule has 0 bridgehead atoms. The first-order valence-electron chi connectivity index (χ1n) is 7.44. The number of nitrogens with one attached hydrogen (secondary N) is 2. The molecule has 1 heterocycles. The summed E-state index contributed by atoms with van der Waals surface area (Å²) in [6, 6.07) is 11.5. The van der Waals surface area contributed by atoms with E-state index in [1.807, 2.05) is 13.0 Å². The van der Waals surface area contributed by atoms with Crippen LogP contribution in [0.3, 0.4) is 0 Å². The van der Waals surface area contributed by atoms with Crippen molar-refractivity contribution in [2.45, 2.75) is 11.3 Å². The van der Waals surface area contributed by atoms with Crippen LogP contribution in [0, 0.1) is 6.92 Å². The number of aryl methyl sites for hydroxylation is 1. The lowest BCUT2D eigenvalue weighted by Gasteiger charge is -2.07. The van der Waals surface area contributed by atoms with Crippen LogP contribution in [0.2, 0.25) is 10.0 Å². The summed E-state index contributed by atoms with van der Waals surface area (Å²) >= 11 is 12.6. The summed E-state index contributed by atoms with van der Waals surface area (Å²) in [7, 11) is -4.04. The highest BCUT2D eigenvalue weighted by atomic mass is 35.5. The van der Waals surface area contributed by atoms with E-state index in [9.17, 15) is 13.2 Å². The number of anilines is 2. The quantitative estimate of drug-likeness (QED) is 0.576. The fraction of sp³-hybridized carbons (Fsp3) is 0.0625. The molecule has 0 aliphatic carbocycles. The molecule has 0 aliphatic rings. The molecule has 0 saturated carbocycles. The number of nitrogens with zero attached hydrogens (tertiary/aromatic N) is 2. The van der Waals surface area contributed by atoms with E-state index in [4.69, 9.17) is 23.2 Å². The van der Waals surface area contributed by atoms with Crippen LogP contribution >= 0.6 is 34.5 Å². The fourth-order valence-corrected chi connectivity index (χ4v) is 4.47. The highest BCUT2D eigenvalue weighted by Crippen LogP contribution is 2.32. The Kier molecular flexibility index (Phi) is 5.66. The smallest absolute Gasteiger partial charge is 0.291 e. The predicted molar refractivity (Wildman–Crippen MR) is 106 cm³/mol. The van der Waals surface area contributed by atoms with Crippen molar-refractivity contribution in [2.75, 3.05) is 10.0 Å². The van der Waals surface area contributed by atoms with Crippen LogP contribution in [0.15, 0.2) is 46.8 Å². The van der Waals surface area contributed by atoms with Crippen LogP contribution in [-0.4, -0.2) is 24.5 Å². The molecule has 140 valence electrons. The van der Waals surface area contributed by atoms with Gasteiger partial charge in [-0.05, 0) is 31.2 Å². The number of hydrogen-bond donors (Lipinski definition) is 2. The van der Waals surface area contributed by atoms with Gasteiger partial charge in [0.2, 0.25) is 5.13 Å². The van der Waals surface area contributed by atoms with Gasteiger partial charge in [-0.25, -0.2) is 0 Å². The minimum absolute atomic E-state index is 0.0547. The maximum Gasteiger partial charge on any atom is 0.291 e. The zero-order chi connectivity index (χ0) is 19.6. The summed E-state index contributed by atoms with van der Waals surface area (Å²) < 4.78 is 26.9. The first kappa shape index (κ1) is 19.6. The summed E-state index contributed by atoms with van der Waals surface area (Å²) in [4.78, 5) is 12.2. The van der Waals surface area contributed by atoms with Crippen molar-refractivity contribution >= 4 is 61.3 Å². The van der Waals surface area contributed by atoms with E-state index >= 15 is 0 Å². The molecule has 2 N–H and O–H groups in total. The zero-order valence-electron chi connectivity index (χ0n) is 13.7. The number of hydrogen-bond acceptors (Lipinski definition) is 6. The third-order valence-corrected chi connectivity index (χ3v) is 6.72. The summed E-state index contributed by atoms with van der Waals surface area (Å²) in [6.45, 7) is 1.86. The van der Waals surface area contributed by atoms with Crippen molar-refractivity contribution < 1.29 is 13.2 Å². The van der Waals surface area contributed by atoms with Crippen LogP contribution < -0.4 is 10.0 Å². The Hall–Kier alpha value is -2.20. The Balaban J connectivity index is 1.78. The lowest BCUT2D eigenvalue weighted by atomic mass is 10.1. The van der Waals surface area contributed by atoms with Crippen molar-refractivity contribution in [1.29, 1.82) is 0 Å². The van der Waals surface area contributed by atoms with E-state index in [2.05, 4.69) is 20.2 Å². The maximum atomic E-state index is 12.5. The Morgan fingerprint density at radius 2 is 1.85 bits per heavy atom. The number of carbonyl (C=O) groups excluding carboxylic acids is 1. The third-order valence-electron chi connectivity index (χ3n) is 3.33. The number of halogens is 2. The minimum Gasteiger partial charge on any atom is -0.296 e. The maximum absolute atomic E-state index is 12.5. The monoisotopic (exact) mass is 442 g/mol. The van der Waals surface area contributed by atoms with Gasteiger partial charge in [-0.2, -0.15) is 8.42 Å². The average Bonchev–Trinajstić information content (AvgIpc) is 3.08. The van der Waals surface area contributed by atoms with Gasteiger partial charge in [-0.1, -0.05) is 58.3 Å². The normalized spacial score (nSPS) is 11.2. The van der Waals surface area contributed by atoms with Gasteiger partial charge in [-0.3, -0.25) is 14.8 Å². The summed E-state index contributed by atoms with van der Waals surface area (Å²) in [6.07, 6.45) is 0. The van der Waals surface area contributed by atoms with Gasteiger partial charge in [0, 0.05) is 5.56 Å². The second-order valence-corrected chi connectivity index (χ2v) is 9.02. The Morgan fingerprint density at radius 3 is 2.59 bits per heavy atom. The second-order valence-electron chi connectivity index (χ2n) is 5.40. The largest absolute Gasteiger partial charge is 0.296 e. The van der Waals surface area contributed by atoms with E-state index in [-0.39, 0.29) is 25.2 Å². The number of sulfonamides is 1. The molecular weight excluding hydrogens is 431 g/mol. The first-order valence-corrected chi connectivity index (χ1v) is 10.5. The zero-order valence-corrected chi connectivity index (χ0v) is 16.9. The van der Waals surface area contributed by atoms with Gasteiger partial charge in [0.1, 0.15) is 0 Å². The molecule has 0 unspecified atom stereocenters. The number of rotatable bonds is 5. The molecule has 0 aliphatic heterocycles. The second kappa shape index (κ2) is 7.81. The van der Waals surface area contributed by atoms with Crippen molar-refractivity contribution in [3.63, 3.8) is 0 Å². The van der Waals surface area contributed by atoms with Gasteiger partial charge < -0.3 is 0 Å². The molecule has 1 aromatic heterocycles. The highest BCUT2D eigenvalue weighted by molar-refractivity contribution is 7.94. The van der Waals surface area contributed by atoms with Crippen molar-refractivity contribution in [1.82, 2.24) is 10.2 Å². The Labute approximate surface area is 169 Å². The van der Waals surface area contributed by atoms with Gasteiger partial charge in [-0.15, -0.1) is 10.2 Å². The molecule has 0 saturated heterocycles. The van der Waals surface area contributed by atoms with E-state index < -0.39 is 15.9 Å². The number of aromatic nitrogens is 2. The van der Waals surface area contributed by atoms with E-state index in [1.54, 1.807) is 24.3 Å². The number of carbonyl (C=O) groups is 1. The standard InChI is InChI=1S/C16H12Cl2N4O3S2/c1-9-4-2-5-10(8-9)14(23)19-15-20-21-16(26-15)27(24,25)22-12-7-3-6-11(17)13(12)18/h2-8,22H,1H3,(H,19,20,23). The molecule has 0 atom stereocenters. The number of benzene rings is 2. The molecule has 0 radical (unpaired) electrons. The van der Waals surface area contributed by atoms with Crippen LogP contribution in [0.5, 0.6) is 0 Å². The molecule has 1 amide bonds. The molecule has 7 nitrogen and oxygen atoms in total. The van der Waals surface area contributed by atoms with Crippen LogP contribution in [0.4, 0.5) is 10.8 Å². The number of amides is 1. The molecule has 2 aromatic carbocycles. The highest BCUT2D eigenvalue weighted by Gasteiger charge is 2.22. The van der Waals surface area contributed by atoms with Crippen molar-refractivity contribution in [3.05, 3.63) is 63.6 Å². The van der Waals surface area contributed by atoms with Crippen LogP contribution in [-0.2, 0) is 10.0 Å². The summed E-state index contributed by atoms with van der Waals surface area (Å²) in [5, 5.41) is 10.2. The molecule has 0 spiro atoms. The van der Waals surface area contributed by atoms with Gasteiger partial charge in [0.25, 0.3) is 20.3 Å². The predicted octanol–water partition coefficient (Wildman–Crippen LogP) is 4.21. The molecule has 27 heavy (non-hydrogen) atoms. The average molecular weight is 443 g/mol. The molecule has 3 aromatic rings. The van der Waals surface area contributed by atoms with E-state index in [0.717, 1.165) is 5.56 Å². The fourth-order valence-electron chi connectivity index (χ4n) is 2.10. The SMILES string of the molecule is Cc1cccc(C(=O)Nc2nnc(S(=O)(=O)Nc3cccc(Cl)c3Cl)s2)c1. The lowest BCUT2D eigenvalue weighted by Crippen LogP contribution is -2.13. The molecule has 3 rings (SSSR count). The third kappa shape index (κ3) is 4.56. The molecule has 0 fully saturated rings. The summed E-state index contributed by atoms with van der Waals surface area (Å²) in [5.74, 6) is -0.412. The topological polar surface area (TPSA) is 101 Å².